The molecule has 4 heteroatoms. The third-order valence-electron chi connectivity index (χ3n) is 3.90. The summed E-state index contributed by atoms with van der Waals surface area (Å²) in [5, 5.41) is 8.92. The second-order valence-electron chi connectivity index (χ2n) is 6.11. The van der Waals surface area contributed by atoms with Crippen molar-refractivity contribution in [1.82, 2.24) is 15.1 Å². The molecule has 3 nitrogen and oxygen atoms in total. The molecule has 1 N–H and O–H groups in total. The summed E-state index contributed by atoms with van der Waals surface area (Å²) >= 11 is 6.28. The summed E-state index contributed by atoms with van der Waals surface area (Å²) in [5.41, 5.74) is 3.86. The van der Waals surface area contributed by atoms with Crippen molar-refractivity contribution in [2.75, 3.05) is 0 Å². The second kappa shape index (κ2) is 6.20. The zero-order valence-corrected chi connectivity index (χ0v) is 13.4. The van der Waals surface area contributed by atoms with Crippen molar-refractivity contribution in [2.45, 2.75) is 51.7 Å². The van der Waals surface area contributed by atoms with Crippen LogP contribution in [0.1, 0.15) is 49.4 Å². The molecule has 1 aromatic heterocycles. The Morgan fingerprint density at radius 3 is 2.71 bits per heavy atom. The van der Waals surface area contributed by atoms with Crippen LogP contribution in [0.25, 0.3) is 0 Å². The maximum absolute atomic E-state index is 6.28. The van der Waals surface area contributed by atoms with Gasteiger partial charge in [-0.2, -0.15) is 5.10 Å². The highest BCUT2D eigenvalue weighted by Crippen LogP contribution is 2.42. The quantitative estimate of drug-likeness (QED) is 0.875. The molecule has 1 aliphatic rings. The van der Waals surface area contributed by atoms with Crippen LogP contribution in [0.3, 0.4) is 0 Å². The number of benzene rings is 1. The fraction of sp³-hybridized carbons (Fsp3) is 0.471. The predicted molar refractivity (Wildman–Crippen MR) is 86.7 cm³/mol. The summed E-state index contributed by atoms with van der Waals surface area (Å²) in [4.78, 5) is 0. The topological polar surface area (TPSA) is 29.9 Å². The van der Waals surface area contributed by atoms with Crippen LogP contribution in [0.5, 0.6) is 0 Å². The number of nitrogens with zero attached hydrogens (tertiary/aromatic N) is 2. The van der Waals surface area contributed by atoms with Gasteiger partial charge in [0, 0.05) is 34.8 Å². The van der Waals surface area contributed by atoms with E-state index >= 15 is 0 Å². The maximum atomic E-state index is 6.28. The molecule has 112 valence electrons. The average molecular weight is 304 g/mol. The smallest absolute Gasteiger partial charge is 0.0677 e. The van der Waals surface area contributed by atoms with Crippen molar-refractivity contribution in [1.29, 1.82) is 0 Å². The van der Waals surface area contributed by atoms with Gasteiger partial charge < -0.3 is 5.32 Å². The molecule has 0 spiro atoms. The van der Waals surface area contributed by atoms with Gasteiger partial charge in [0.1, 0.15) is 0 Å². The monoisotopic (exact) mass is 303 g/mol. The first kappa shape index (κ1) is 14.6. The van der Waals surface area contributed by atoms with Crippen molar-refractivity contribution in [3.05, 3.63) is 52.3 Å². The minimum Gasteiger partial charge on any atom is -0.310 e. The van der Waals surface area contributed by atoms with Gasteiger partial charge in [-0.15, -0.1) is 0 Å². The first-order chi connectivity index (χ1) is 10.1. The normalized spacial score (nSPS) is 14.9. The van der Waals surface area contributed by atoms with Gasteiger partial charge in [-0.3, -0.25) is 4.68 Å². The van der Waals surface area contributed by atoms with Crippen LogP contribution < -0.4 is 5.32 Å². The highest BCUT2D eigenvalue weighted by molar-refractivity contribution is 6.31. The molecule has 1 aromatic carbocycles. The Bertz CT molecular complexity index is 614. The highest BCUT2D eigenvalue weighted by Gasteiger charge is 2.30. The van der Waals surface area contributed by atoms with Crippen molar-refractivity contribution < 1.29 is 0 Å². The van der Waals surface area contributed by atoms with Crippen LogP contribution in [0.4, 0.5) is 0 Å². The third kappa shape index (κ3) is 3.47. The van der Waals surface area contributed by atoms with E-state index in [1.54, 1.807) is 0 Å². The van der Waals surface area contributed by atoms with Gasteiger partial charge in [0.05, 0.1) is 12.7 Å². The van der Waals surface area contributed by atoms with E-state index in [-0.39, 0.29) is 0 Å². The Labute approximate surface area is 131 Å². The lowest BCUT2D eigenvalue weighted by Gasteiger charge is -2.12. The summed E-state index contributed by atoms with van der Waals surface area (Å²) in [6.45, 7) is 6.00. The molecule has 1 heterocycles. The highest BCUT2D eigenvalue weighted by atomic mass is 35.5. The van der Waals surface area contributed by atoms with Crippen molar-refractivity contribution >= 4 is 11.6 Å². The molecular weight excluding hydrogens is 282 g/mol. The molecule has 1 aliphatic carbocycles. The Morgan fingerprint density at radius 2 is 2.05 bits per heavy atom. The number of hydrogen-bond acceptors (Lipinski definition) is 2. The van der Waals surface area contributed by atoms with Crippen LogP contribution in [0, 0.1) is 0 Å². The van der Waals surface area contributed by atoms with Gasteiger partial charge in [-0.05, 0) is 24.5 Å². The van der Waals surface area contributed by atoms with Gasteiger partial charge in [0.2, 0.25) is 0 Å². The fourth-order valence-electron chi connectivity index (χ4n) is 2.63. The largest absolute Gasteiger partial charge is 0.310 e. The Hall–Kier alpha value is -1.32. The van der Waals surface area contributed by atoms with Crippen molar-refractivity contribution in [3.8, 4) is 0 Å². The first-order valence-electron chi connectivity index (χ1n) is 7.66. The molecule has 1 saturated carbocycles. The summed E-state index contributed by atoms with van der Waals surface area (Å²) in [5.74, 6) is 0.680. The molecule has 3 rings (SSSR count). The molecule has 0 atom stereocenters. The van der Waals surface area contributed by atoms with E-state index in [1.807, 2.05) is 24.4 Å². The van der Waals surface area contributed by atoms with Crippen LogP contribution in [0.2, 0.25) is 5.02 Å². The number of aromatic nitrogens is 2. The van der Waals surface area contributed by atoms with Gasteiger partial charge in [-0.25, -0.2) is 0 Å². The summed E-state index contributed by atoms with van der Waals surface area (Å²) < 4.78 is 2.14. The molecule has 21 heavy (non-hydrogen) atoms. The van der Waals surface area contributed by atoms with Crippen molar-refractivity contribution in [3.63, 3.8) is 0 Å². The Kier molecular flexibility index (Phi) is 4.32. The third-order valence-corrected chi connectivity index (χ3v) is 4.27. The fourth-order valence-corrected chi connectivity index (χ4v) is 2.82. The van der Waals surface area contributed by atoms with Crippen LogP contribution in [-0.2, 0) is 13.1 Å². The molecule has 0 radical (unpaired) electrons. The maximum Gasteiger partial charge on any atom is 0.0677 e. The van der Waals surface area contributed by atoms with E-state index < -0.39 is 0 Å². The van der Waals surface area contributed by atoms with E-state index in [1.165, 1.54) is 24.1 Å². The summed E-state index contributed by atoms with van der Waals surface area (Å²) in [6, 6.07) is 8.51. The minimum absolute atomic E-state index is 0.490. The Morgan fingerprint density at radius 1 is 1.29 bits per heavy atom. The number of rotatable bonds is 6. The van der Waals surface area contributed by atoms with E-state index in [9.17, 15) is 0 Å². The van der Waals surface area contributed by atoms with Gasteiger partial charge in [0.25, 0.3) is 0 Å². The van der Waals surface area contributed by atoms with Crippen molar-refractivity contribution in [2.24, 2.45) is 0 Å². The average Bonchev–Trinajstić information content (AvgIpc) is 3.21. The van der Waals surface area contributed by atoms with Crippen LogP contribution in [-0.4, -0.2) is 15.8 Å². The molecule has 0 unspecified atom stereocenters. The zero-order valence-electron chi connectivity index (χ0n) is 12.6. The first-order valence-corrected chi connectivity index (χ1v) is 8.04. The van der Waals surface area contributed by atoms with Gasteiger partial charge in [-0.1, -0.05) is 43.6 Å². The zero-order chi connectivity index (χ0) is 14.8. The van der Waals surface area contributed by atoms with Gasteiger partial charge in [0.15, 0.2) is 0 Å². The molecule has 0 aliphatic heterocycles. The molecule has 1 fully saturated rings. The Balaban J connectivity index is 1.83. The van der Waals surface area contributed by atoms with Crippen LogP contribution in [0.15, 0.2) is 30.5 Å². The second-order valence-corrected chi connectivity index (χ2v) is 6.52. The molecule has 2 aromatic rings. The molecule has 0 amide bonds. The lowest BCUT2D eigenvalue weighted by atomic mass is 10.1. The summed E-state index contributed by atoms with van der Waals surface area (Å²) in [7, 11) is 0. The predicted octanol–water partition coefficient (Wildman–Crippen LogP) is 3.96. The summed E-state index contributed by atoms with van der Waals surface area (Å²) in [6.07, 6.45) is 4.58. The minimum atomic E-state index is 0.490. The standard InChI is InChI=1S/C17H22ClN3/c1-12(2)19-9-15-10-20-21(17(15)13-7-8-13)11-14-5-3-4-6-16(14)18/h3-6,10,12-13,19H,7-9,11H2,1-2H3. The number of hydrogen-bond donors (Lipinski definition) is 1. The SMILES string of the molecule is CC(C)NCc1cnn(Cc2ccccc2Cl)c1C1CC1. The van der Waals surface area contributed by atoms with E-state index in [0.29, 0.717) is 12.0 Å². The van der Waals surface area contributed by atoms with E-state index in [2.05, 4.69) is 35.0 Å². The van der Waals surface area contributed by atoms with E-state index in [0.717, 1.165) is 23.7 Å². The molecule has 0 saturated heterocycles. The van der Waals surface area contributed by atoms with Gasteiger partial charge >= 0.3 is 0 Å². The lowest BCUT2D eigenvalue weighted by Crippen LogP contribution is -2.22. The number of halogens is 1. The van der Waals surface area contributed by atoms with Crippen LogP contribution >= 0.6 is 11.6 Å². The molecule has 0 bridgehead atoms. The lowest BCUT2D eigenvalue weighted by molar-refractivity contribution is 0.582. The number of nitrogens with one attached hydrogen (secondary N) is 1. The molecular formula is C17H22ClN3. The van der Waals surface area contributed by atoms with E-state index in [4.69, 9.17) is 11.6 Å².